The molecule has 1 N–H and O–H groups in total. The third-order valence-corrected chi connectivity index (χ3v) is 5.11. The van der Waals surface area contributed by atoms with Crippen molar-refractivity contribution in [2.24, 2.45) is 0 Å². The van der Waals surface area contributed by atoms with E-state index in [0.29, 0.717) is 31.1 Å². The van der Waals surface area contributed by atoms with Gasteiger partial charge in [0.1, 0.15) is 5.69 Å². The number of hydrogen-bond donors (Lipinski definition) is 1. The van der Waals surface area contributed by atoms with Crippen LogP contribution < -0.4 is 10.2 Å². The van der Waals surface area contributed by atoms with Crippen LogP contribution in [0.3, 0.4) is 0 Å². The Morgan fingerprint density at radius 3 is 1.97 bits per heavy atom. The van der Waals surface area contributed by atoms with E-state index in [1.165, 1.54) is 0 Å². The fourth-order valence-electron chi connectivity index (χ4n) is 3.44. The molecule has 0 radical (unpaired) electrons. The lowest BCUT2D eigenvalue weighted by Crippen LogP contribution is -2.25. The average Bonchev–Trinajstić information content (AvgIpc) is 2.75. The number of hydrogen-bond acceptors (Lipinski definition) is 5. The van der Waals surface area contributed by atoms with Gasteiger partial charge in [0, 0.05) is 30.9 Å². The molecule has 0 bridgehead atoms. The number of anilines is 2. The molecule has 6 heteroatoms. The first kappa shape index (κ1) is 21.3. The molecule has 3 aromatic rings. The number of rotatable bonds is 9. The van der Waals surface area contributed by atoms with E-state index in [1.807, 2.05) is 86.3 Å². The van der Waals surface area contributed by atoms with Gasteiger partial charge in [-0.05, 0) is 31.4 Å². The second kappa shape index (κ2) is 9.87. The predicted octanol–water partition coefficient (Wildman–Crippen LogP) is 5.64. The van der Waals surface area contributed by atoms with Gasteiger partial charge in [0.05, 0.1) is 4.92 Å². The molecule has 0 aliphatic carbocycles. The molecule has 3 rings (SSSR count). The van der Waals surface area contributed by atoms with Gasteiger partial charge in [-0.15, -0.1) is 0 Å². The smallest absolute Gasteiger partial charge is 0.334 e. The van der Waals surface area contributed by atoms with E-state index in [-0.39, 0.29) is 10.6 Å². The number of nitro groups is 1. The van der Waals surface area contributed by atoms with E-state index in [0.717, 1.165) is 28.8 Å². The number of nitrogens with zero attached hydrogens (tertiary/aromatic N) is 3. The van der Waals surface area contributed by atoms with E-state index in [4.69, 9.17) is 4.98 Å². The van der Waals surface area contributed by atoms with Crippen molar-refractivity contribution in [3.8, 4) is 0 Å². The average molecular weight is 405 g/mol. The maximum absolute atomic E-state index is 12.2. The van der Waals surface area contributed by atoms with Crippen molar-refractivity contribution in [2.45, 2.75) is 40.3 Å². The maximum Gasteiger partial charge on any atom is 0.334 e. The molecule has 1 aromatic heterocycles. The number of benzene rings is 2. The lowest BCUT2D eigenvalue weighted by molar-refractivity contribution is -0.383. The Morgan fingerprint density at radius 1 is 0.967 bits per heavy atom. The molecule has 0 saturated heterocycles. The lowest BCUT2D eigenvalue weighted by Gasteiger charge is -2.26. The molecule has 2 aromatic carbocycles. The van der Waals surface area contributed by atoms with Crippen LogP contribution in [0, 0.1) is 24.0 Å². The minimum absolute atomic E-state index is 0.0402. The quantitative estimate of drug-likeness (QED) is 0.369. The summed E-state index contributed by atoms with van der Waals surface area (Å²) in [6, 6.07) is 20.0. The van der Waals surface area contributed by atoms with Gasteiger partial charge in [0.2, 0.25) is 5.82 Å². The first-order chi connectivity index (χ1) is 14.5. The van der Waals surface area contributed by atoms with Crippen molar-refractivity contribution >= 4 is 17.2 Å². The van der Waals surface area contributed by atoms with E-state index < -0.39 is 0 Å². The van der Waals surface area contributed by atoms with Crippen LogP contribution in [0.2, 0.25) is 0 Å². The highest BCUT2D eigenvalue weighted by molar-refractivity contribution is 5.77. The van der Waals surface area contributed by atoms with E-state index in [2.05, 4.69) is 5.32 Å². The van der Waals surface area contributed by atoms with E-state index >= 15 is 0 Å². The molecule has 0 unspecified atom stereocenters. The highest BCUT2D eigenvalue weighted by Gasteiger charge is 2.29. The lowest BCUT2D eigenvalue weighted by atomic mass is 10.1. The molecule has 0 spiro atoms. The van der Waals surface area contributed by atoms with Crippen LogP contribution in [0.1, 0.15) is 35.7 Å². The Balaban J connectivity index is 2.13. The molecule has 1 heterocycles. The van der Waals surface area contributed by atoms with Gasteiger partial charge in [-0.2, -0.15) is 0 Å². The molecule has 0 aliphatic heterocycles. The zero-order chi connectivity index (χ0) is 21.5. The second-order valence-corrected chi connectivity index (χ2v) is 7.38. The molecule has 6 nitrogen and oxygen atoms in total. The first-order valence-electron chi connectivity index (χ1n) is 10.2. The monoisotopic (exact) mass is 404 g/mol. The fourth-order valence-corrected chi connectivity index (χ4v) is 3.44. The Hall–Kier alpha value is -3.41. The second-order valence-electron chi connectivity index (χ2n) is 7.38. The molecular weight excluding hydrogens is 376 g/mol. The Morgan fingerprint density at radius 2 is 1.50 bits per heavy atom. The van der Waals surface area contributed by atoms with Crippen molar-refractivity contribution in [1.82, 2.24) is 4.98 Å². The third-order valence-electron chi connectivity index (χ3n) is 5.11. The van der Waals surface area contributed by atoms with Crippen LogP contribution in [0.25, 0.3) is 0 Å². The predicted molar refractivity (Wildman–Crippen MR) is 122 cm³/mol. The summed E-state index contributed by atoms with van der Waals surface area (Å²) in [4.78, 5) is 18.6. The summed E-state index contributed by atoms with van der Waals surface area (Å²) in [5, 5.41) is 15.4. The van der Waals surface area contributed by atoms with Crippen LogP contribution in [0.5, 0.6) is 0 Å². The van der Waals surface area contributed by atoms with Crippen molar-refractivity contribution in [3.63, 3.8) is 0 Å². The summed E-state index contributed by atoms with van der Waals surface area (Å²) in [5.41, 5.74) is 4.36. The highest BCUT2D eigenvalue weighted by Crippen LogP contribution is 2.39. The van der Waals surface area contributed by atoms with Crippen molar-refractivity contribution < 1.29 is 4.92 Å². The van der Waals surface area contributed by atoms with Crippen LogP contribution in [0.15, 0.2) is 60.7 Å². The molecule has 0 saturated carbocycles. The highest BCUT2D eigenvalue weighted by atomic mass is 16.6. The zero-order valence-corrected chi connectivity index (χ0v) is 17.8. The summed E-state index contributed by atoms with van der Waals surface area (Å²) >= 11 is 0. The largest absolute Gasteiger partial charge is 0.379 e. The molecule has 0 fully saturated rings. The van der Waals surface area contributed by atoms with Crippen LogP contribution in [0.4, 0.5) is 17.2 Å². The Bertz CT molecular complexity index is 950. The summed E-state index contributed by atoms with van der Waals surface area (Å²) in [7, 11) is 0. The standard InChI is InChI=1S/C24H28N4O2/c1-4-15-25-22-18(2)19(3)26-24(23(22)28(29)30)27(16-20-11-7-5-8-12-20)17-21-13-9-6-10-14-21/h5-14H,4,15-17H2,1-3H3,(H,25,26). The van der Waals surface area contributed by atoms with Gasteiger partial charge in [0.15, 0.2) is 0 Å². The van der Waals surface area contributed by atoms with Crippen molar-refractivity contribution in [3.05, 3.63) is 93.2 Å². The van der Waals surface area contributed by atoms with Gasteiger partial charge >= 0.3 is 5.69 Å². The number of nitrogens with one attached hydrogen (secondary N) is 1. The normalized spacial score (nSPS) is 10.6. The first-order valence-corrected chi connectivity index (χ1v) is 10.2. The van der Waals surface area contributed by atoms with E-state index in [9.17, 15) is 10.1 Å². The minimum atomic E-state index is -0.310. The number of pyridine rings is 1. The topological polar surface area (TPSA) is 71.3 Å². The molecule has 30 heavy (non-hydrogen) atoms. The van der Waals surface area contributed by atoms with Gasteiger partial charge < -0.3 is 10.2 Å². The molecule has 156 valence electrons. The summed E-state index contributed by atoms with van der Waals surface area (Å²) in [6.07, 6.45) is 0.880. The van der Waals surface area contributed by atoms with Crippen molar-refractivity contribution in [2.75, 3.05) is 16.8 Å². The van der Waals surface area contributed by atoms with Gasteiger partial charge in [-0.25, -0.2) is 4.98 Å². The Labute approximate surface area is 177 Å². The van der Waals surface area contributed by atoms with Crippen LogP contribution in [-0.4, -0.2) is 16.5 Å². The summed E-state index contributed by atoms with van der Waals surface area (Å²) in [6.45, 7) is 7.56. The summed E-state index contributed by atoms with van der Waals surface area (Å²) in [5.74, 6) is 0.398. The fraction of sp³-hybridized carbons (Fsp3) is 0.292. The molecule has 0 amide bonds. The third kappa shape index (κ3) is 4.95. The minimum Gasteiger partial charge on any atom is -0.379 e. The zero-order valence-electron chi connectivity index (χ0n) is 17.8. The molecule has 0 atom stereocenters. The van der Waals surface area contributed by atoms with Crippen LogP contribution in [-0.2, 0) is 13.1 Å². The maximum atomic E-state index is 12.2. The molecule has 0 aliphatic rings. The van der Waals surface area contributed by atoms with Crippen LogP contribution >= 0.6 is 0 Å². The molecular formula is C24H28N4O2. The van der Waals surface area contributed by atoms with Gasteiger partial charge in [-0.3, -0.25) is 10.1 Å². The number of aromatic nitrogens is 1. The Kier molecular flexibility index (Phi) is 7.01. The van der Waals surface area contributed by atoms with Gasteiger partial charge in [-0.1, -0.05) is 67.6 Å². The van der Waals surface area contributed by atoms with E-state index in [1.54, 1.807) is 0 Å². The SMILES string of the molecule is CCCNc1c(C)c(C)nc(N(Cc2ccccc2)Cc2ccccc2)c1[N+](=O)[O-]. The van der Waals surface area contributed by atoms with Crippen molar-refractivity contribution in [1.29, 1.82) is 0 Å². The summed E-state index contributed by atoms with van der Waals surface area (Å²) < 4.78 is 0. The number of aryl methyl sites for hydroxylation is 1. The van der Waals surface area contributed by atoms with Gasteiger partial charge in [0.25, 0.3) is 0 Å².